The van der Waals surface area contributed by atoms with Crippen LogP contribution in [0.3, 0.4) is 0 Å². The van der Waals surface area contributed by atoms with E-state index in [9.17, 15) is 4.79 Å². The van der Waals surface area contributed by atoms with Crippen LogP contribution in [0.25, 0.3) is 0 Å². The molecule has 94 valence electrons. The van der Waals surface area contributed by atoms with Gasteiger partial charge in [-0.2, -0.15) is 5.26 Å². The predicted molar refractivity (Wildman–Crippen MR) is 70.4 cm³/mol. The van der Waals surface area contributed by atoms with Crippen LogP contribution in [-0.2, 0) is 4.79 Å². The van der Waals surface area contributed by atoms with E-state index in [1.807, 2.05) is 24.9 Å². The molecule has 1 aromatic rings. The van der Waals surface area contributed by atoms with Gasteiger partial charge in [0.15, 0.2) is 0 Å². The van der Waals surface area contributed by atoms with E-state index in [0.29, 0.717) is 18.7 Å². The van der Waals surface area contributed by atoms with Gasteiger partial charge in [0.1, 0.15) is 0 Å². The molecule has 5 nitrogen and oxygen atoms in total. The summed E-state index contributed by atoms with van der Waals surface area (Å²) in [5.41, 5.74) is 7.97. The number of anilines is 2. The number of nitrogens with zero attached hydrogens (tertiary/aromatic N) is 3. The molecule has 1 amide bonds. The zero-order valence-electron chi connectivity index (χ0n) is 10.6. The molecule has 2 N–H and O–H groups in total. The Morgan fingerprint density at radius 1 is 1.50 bits per heavy atom. The van der Waals surface area contributed by atoms with E-state index < -0.39 is 0 Å². The molecule has 1 aliphatic rings. The molecular weight excluding hydrogens is 228 g/mol. The van der Waals surface area contributed by atoms with Crippen molar-refractivity contribution in [2.24, 2.45) is 5.73 Å². The second-order valence-electron chi connectivity index (χ2n) is 4.52. The number of carbonyl (C=O) groups is 1. The van der Waals surface area contributed by atoms with Crippen molar-refractivity contribution in [1.29, 1.82) is 5.26 Å². The summed E-state index contributed by atoms with van der Waals surface area (Å²) >= 11 is 0. The van der Waals surface area contributed by atoms with Crippen LogP contribution in [-0.4, -0.2) is 32.1 Å². The maximum Gasteiger partial charge on any atom is 0.246 e. The van der Waals surface area contributed by atoms with Crippen LogP contribution in [0, 0.1) is 11.3 Å². The molecule has 1 heterocycles. The van der Waals surface area contributed by atoms with Gasteiger partial charge in [0.25, 0.3) is 0 Å². The lowest BCUT2D eigenvalue weighted by atomic mass is 10.1. The zero-order chi connectivity index (χ0) is 13.3. The third-order valence-corrected chi connectivity index (χ3v) is 3.20. The average Bonchev–Trinajstić information content (AvgIpc) is 2.38. The predicted octanol–water partition coefficient (Wildman–Crippen LogP) is 0.688. The van der Waals surface area contributed by atoms with Crippen molar-refractivity contribution in [2.45, 2.75) is 13.0 Å². The molecule has 2 rings (SSSR count). The highest BCUT2D eigenvalue weighted by atomic mass is 16.2. The number of amides is 1. The average molecular weight is 244 g/mol. The number of hydrogen-bond acceptors (Lipinski definition) is 4. The number of nitriles is 1. The summed E-state index contributed by atoms with van der Waals surface area (Å²) in [6.45, 7) is 2.65. The van der Waals surface area contributed by atoms with Crippen LogP contribution in [0.4, 0.5) is 11.4 Å². The summed E-state index contributed by atoms with van der Waals surface area (Å²) in [7, 11) is 1.85. The quantitative estimate of drug-likeness (QED) is 0.830. The number of fused-ring (bicyclic) bond motifs is 1. The second kappa shape index (κ2) is 4.67. The van der Waals surface area contributed by atoms with Crippen LogP contribution in [0.5, 0.6) is 0 Å². The zero-order valence-corrected chi connectivity index (χ0v) is 10.6. The number of likely N-dealkylation sites (N-methyl/N-ethyl adjacent to an activating group) is 1. The Kier molecular flexibility index (Phi) is 3.21. The molecule has 0 aromatic heterocycles. The number of hydrogen-bond donors (Lipinski definition) is 1. The van der Waals surface area contributed by atoms with Crippen LogP contribution >= 0.6 is 0 Å². The van der Waals surface area contributed by atoms with E-state index >= 15 is 0 Å². The minimum atomic E-state index is -0.0436. The highest BCUT2D eigenvalue weighted by Gasteiger charge is 2.30. The largest absolute Gasteiger partial charge is 0.364 e. The van der Waals surface area contributed by atoms with Crippen molar-refractivity contribution < 1.29 is 4.79 Å². The lowest BCUT2D eigenvalue weighted by molar-refractivity contribution is -0.117. The Morgan fingerprint density at radius 3 is 2.83 bits per heavy atom. The molecule has 5 heteroatoms. The van der Waals surface area contributed by atoms with Gasteiger partial charge in [-0.05, 0) is 25.1 Å². The van der Waals surface area contributed by atoms with Gasteiger partial charge in [0, 0.05) is 19.6 Å². The molecule has 18 heavy (non-hydrogen) atoms. The number of benzene rings is 1. The molecule has 1 aromatic carbocycles. The summed E-state index contributed by atoms with van der Waals surface area (Å²) in [5.74, 6) is 0.0349. The van der Waals surface area contributed by atoms with Crippen molar-refractivity contribution in [3.8, 4) is 6.07 Å². The maximum atomic E-state index is 12.1. The summed E-state index contributed by atoms with van der Waals surface area (Å²) < 4.78 is 0. The highest BCUT2D eigenvalue weighted by molar-refractivity contribution is 6.03. The van der Waals surface area contributed by atoms with Crippen LogP contribution in [0.1, 0.15) is 12.5 Å². The van der Waals surface area contributed by atoms with E-state index in [1.54, 1.807) is 17.0 Å². The normalized spacial score (nSPS) is 16.2. The first kappa shape index (κ1) is 12.4. The molecular formula is C13H16N4O. The molecule has 1 aliphatic heterocycles. The van der Waals surface area contributed by atoms with E-state index in [1.165, 1.54) is 0 Å². The lowest BCUT2D eigenvalue weighted by Crippen LogP contribution is -2.50. The van der Waals surface area contributed by atoms with Gasteiger partial charge in [-0.3, -0.25) is 4.79 Å². The maximum absolute atomic E-state index is 12.1. The molecule has 0 radical (unpaired) electrons. The molecule has 0 saturated heterocycles. The summed E-state index contributed by atoms with van der Waals surface area (Å²) in [6.07, 6.45) is 0. The fourth-order valence-electron chi connectivity index (χ4n) is 2.19. The smallest absolute Gasteiger partial charge is 0.246 e. The highest BCUT2D eigenvalue weighted by Crippen LogP contribution is 2.34. The van der Waals surface area contributed by atoms with Gasteiger partial charge < -0.3 is 15.5 Å². The van der Waals surface area contributed by atoms with Crippen LogP contribution in [0.15, 0.2) is 18.2 Å². The topological polar surface area (TPSA) is 73.4 Å². The number of nitrogens with two attached hydrogens (primary N) is 1. The SMILES string of the molecule is CC(CN)N1C(=O)CN(C)c2cc(C#N)ccc21. The van der Waals surface area contributed by atoms with E-state index in [4.69, 9.17) is 11.0 Å². The minimum absolute atomic E-state index is 0.0349. The summed E-state index contributed by atoms with van der Waals surface area (Å²) in [5, 5.41) is 8.93. The Labute approximate surface area is 106 Å². The first-order chi connectivity index (χ1) is 8.58. The van der Waals surface area contributed by atoms with Gasteiger partial charge in [0.2, 0.25) is 5.91 Å². The molecule has 1 unspecified atom stereocenters. The Balaban J connectivity index is 2.53. The Bertz CT molecular complexity index is 520. The van der Waals surface area contributed by atoms with E-state index in [-0.39, 0.29) is 11.9 Å². The number of rotatable bonds is 2. The van der Waals surface area contributed by atoms with Gasteiger partial charge in [0.05, 0.1) is 29.6 Å². The minimum Gasteiger partial charge on any atom is -0.364 e. The molecule has 0 bridgehead atoms. The molecule has 1 atom stereocenters. The summed E-state index contributed by atoms with van der Waals surface area (Å²) in [6, 6.07) is 7.41. The van der Waals surface area contributed by atoms with Crippen molar-refractivity contribution in [2.75, 3.05) is 29.9 Å². The fourth-order valence-corrected chi connectivity index (χ4v) is 2.19. The molecule has 0 aliphatic carbocycles. The van der Waals surface area contributed by atoms with Crippen LogP contribution in [0.2, 0.25) is 0 Å². The monoisotopic (exact) mass is 244 g/mol. The molecule has 0 fully saturated rings. The third kappa shape index (κ3) is 1.91. The Hall–Kier alpha value is -2.06. The third-order valence-electron chi connectivity index (χ3n) is 3.20. The first-order valence-corrected chi connectivity index (χ1v) is 5.86. The number of carbonyl (C=O) groups excluding carboxylic acids is 1. The molecule has 0 saturated carbocycles. The Morgan fingerprint density at radius 2 is 2.22 bits per heavy atom. The van der Waals surface area contributed by atoms with Gasteiger partial charge in [-0.25, -0.2) is 0 Å². The van der Waals surface area contributed by atoms with Crippen molar-refractivity contribution in [3.05, 3.63) is 23.8 Å². The van der Waals surface area contributed by atoms with E-state index in [0.717, 1.165) is 11.4 Å². The van der Waals surface area contributed by atoms with Crippen molar-refractivity contribution in [3.63, 3.8) is 0 Å². The van der Waals surface area contributed by atoms with Gasteiger partial charge >= 0.3 is 0 Å². The fraction of sp³-hybridized carbons (Fsp3) is 0.385. The standard InChI is InChI=1S/C13H16N4O/c1-9(6-14)17-11-4-3-10(7-15)5-12(11)16(2)8-13(17)18/h3-5,9H,6,8,14H2,1-2H3. The van der Waals surface area contributed by atoms with Crippen molar-refractivity contribution in [1.82, 2.24) is 0 Å². The molecule has 0 spiro atoms. The lowest BCUT2D eigenvalue weighted by Gasteiger charge is -2.38. The van der Waals surface area contributed by atoms with Crippen molar-refractivity contribution >= 4 is 17.3 Å². The first-order valence-electron chi connectivity index (χ1n) is 5.86. The van der Waals surface area contributed by atoms with Gasteiger partial charge in [-0.15, -0.1) is 0 Å². The second-order valence-corrected chi connectivity index (χ2v) is 4.52. The summed E-state index contributed by atoms with van der Waals surface area (Å²) in [4.78, 5) is 15.7. The van der Waals surface area contributed by atoms with Gasteiger partial charge in [-0.1, -0.05) is 0 Å². The van der Waals surface area contributed by atoms with Crippen LogP contribution < -0.4 is 15.5 Å². The van der Waals surface area contributed by atoms with E-state index in [2.05, 4.69) is 6.07 Å².